The van der Waals surface area contributed by atoms with Crippen LogP contribution in [0.3, 0.4) is 0 Å². The van der Waals surface area contributed by atoms with Crippen molar-refractivity contribution in [3.05, 3.63) is 48.3 Å². The molecule has 2 aromatic rings. The van der Waals surface area contributed by atoms with Crippen LogP contribution in [-0.2, 0) is 17.8 Å². The van der Waals surface area contributed by atoms with E-state index >= 15 is 0 Å². The lowest BCUT2D eigenvalue weighted by Gasteiger charge is -2.33. The van der Waals surface area contributed by atoms with E-state index in [0.717, 1.165) is 30.9 Å². The summed E-state index contributed by atoms with van der Waals surface area (Å²) in [4.78, 5) is 23.9. The highest BCUT2D eigenvalue weighted by Gasteiger charge is 2.37. The fourth-order valence-electron chi connectivity index (χ4n) is 4.26. The molecule has 1 amide bonds. The van der Waals surface area contributed by atoms with Crippen molar-refractivity contribution < 1.29 is 4.79 Å². The summed E-state index contributed by atoms with van der Waals surface area (Å²) in [6, 6.07) is 4.00. The molecule has 1 aliphatic heterocycles. The summed E-state index contributed by atoms with van der Waals surface area (Å²) in [6.07, 6.45) is 13.9. The predicted octanol–water partition coefficient (Wildman–Crippen LogP) is 2.98. The Morgan fingerprint density at radius 1 is 1.08 bits per heavy atom. The Kier molecular flexibility index (Phi) is 4.32. The third kappa shape index (κ3) is 2.95. The molecule has 5 nitrogen and oxygen atoms in total. The zero-order chi connectivity index (χ0) is 16.4. The number of carbonyl (C=O) groups excluding carboxylic acids is 1. The topological polar surface area (TPSA) is 51.0 Å². The number of aromatic nitrogens is 3. The largest absolute Gasteiger partial charge is 0.333 e. The van der Waals surface area contributed by atoms with Crippen molar-refractivity contribution in [3.8, 4) is 0 Å². The summed E-state index contributed by atoms with van der Waals surface area (Å²) in [5.41, 5.74) is 1.03. The number of amides is 1. The number of rotatable bonds is 3. The Morgan fingerprint density at radius 3 is 2.67 bits per heavy atom. The predicted molar refractivity (Wildman–Crippen MR) is 91.2 cm³/mol. The van der Waals surface area contributed by atoms with Crippen molar-refractivity contribution in [1.82, 2.24) is 19.4 Å². The minimum atomic E-state index is 0.138. The molecule has 2 aromatic heterocycles. The zero-order valence-electron chi connectivity index (χ0n) is 14.0. The number of aryl methyl sites for hydroxylation is 1. The van der Waals surface area contributed by atoms with Crippen LogP contribution in [0, 0.1) is 5.92 Å². The number of fused-ring (bicyclic) bond motifs is 1. The SMILES string of the molecule is O=C(Cc1ccncc1)N1CCCn2ccnc2C1C1CCCC1. The van der Waals surface area contributed by atoms with Gasteiger partial charge < -0.3 is 9.47 Å². The first kappa shape index (κ1) is 15.4. The summed E-state index contributed by atoms with van der Waals surface area (Å²) in [5, 5.41) is 0. The molecule has 24 heavy (non-hydrogen) atoms. The Balaban J connectivity index is 1.63. The van der Waals surface area contributed by atoms with Gasteiger partial charge in [0.2, 0.25) is 5.91 Å². The normalized spacial score (nSPS) is 21.5. The van der Waals surface area contributed by atoms with Crippen LogP contribution in [-0.4, -0.2) is 31.9 Å². The van der Waals surface area contributed by atoms with E-state index < -0.39 is 0 Å². The maximum absolute atomic E-state index is 13.1. The van der Waals surface area contributed by atoms with Crippen molar-refractivity contribution in [2.24, 2.45) is 5.92 Å². The van der Waals surface area contributed by atoms with E-state index in [4.69, 9.17) is 0 Å². The fourth-order valence-corrected chi connectivity index (χ4v) is 4.26. The number of hydrogen-bond donors (Lipinski definition) is 0. The van der Waals surface area contributed by atoms with E-state index in [-0.39, 0.29) is 11.9 Å². The second kappa shape index (κ2) is 6.75. The number of carbonyl (C=O) groups is 1. The summed E-state index contributed by atoms with van der Waals surface area (Å²) in [7, 11) is 0. The van der Waals surface area contributed by atoms with Crippen molar-refractivity contribution in [1.29, 1.82) is 0 Å². The molecule has 3 heterocycles. The number of nitrogens with zero attached hydrogens (tertiary/aromatic N) is 4. The number of imidazole rings is 1. The average Bonchev–Trinajstić information content (AvgIpc) is 3.25. The van der Waals surface area contributed by atoms with Crippen molar-refractivity contribution in [2.45, 2.75) is 51.1 Å². The molecule has 1 atom stereocenters. The van der Waals surface area contributed by atoms with Crippen molar-refractivity contribution >= 4 is 5.91 Å². The third-order valence-electron chi connectivity index (χ3n) is 5.42. The van der Waals surface area contributed by atoms with Gasteiger partial charge in [-0.25, -0.2) is 4.98 Å². The van der Waals surface area contributed by atoms with Gasteiger partial charge in [0.05, 0.1) is 12.5 Å². The van der Waals surface area contributed by atoms with Crippen LogP contribution in [0.5, 0.6) is 0 Å². The third-order valence-corrected chi connectivity index (χ3v) is 5.42. The summed E-state index contributed by atoms with van der Waals surface area (Å²) in [6.45, 7) is 1.78. The van der Waals surface area contributed by atoms with Gasteiger partial charge in [-0.3, -0.25) is 9.78 Å². The highest BCUT2D eigenvalue weighted by Crippen LogP contribution is 2.40. The molecule has 1 fully saturated rings. The molecule has 0 N–H and O–H groups in total. The van der Waals surface area contributed by atoms with Crippen LogP contribution < -0.4 is 0 Å². The minimum absolute atomic E-state index is 0.138. The van der Waals surface area contributed by atoms with Gasteiger partial charge >= 0.3 is 0 Å². The minimum Gasteiger partial charge on any atom is -0.333 e. The van der Waals surface area contributed by atoms with Gasteiger partial charge in [-0.05, 0) is 42.9 Å². The Morgan fingerprint density at radius 2 is 1.88 bits per heavy atom. The quantitative estimate of drug-likeness (QED) is 0.872. The van der Waals surface area contributed by atoms with Gasteiger partial charge in [-0.2, -0.15) is 0 Å². The molecule has 5 heteroatoms. The molecule has 0 radical (unpaired) electrons. The highest BCUT2D eigenvalue weighted by atomic mass is 16.2. The van der Waals surface area contributed by atoms with Gasteiger partial charge in [0.25, 0.3) is 0 Å². The summed E-state index contributed by atoms with van der Waals surface area (Å²) >= 11 is 0. The first-order chi connectivity index (χ1) is 11.8. The molecule has 0 bridgehead atoms. The highest BCUT2D eigenvalue weighted by molar-refractivity contribution is 5.79. The maximum atomic E-state index is 13.1. The molecule has 0 spiro atoms. The molecule has 2 aliphatic rings. The summed E-state index contributed by atoms with van der Waals surface area (Å²) in [5.74, 6) is 1.85. The Bertz CT molecular complexity index is 690. The van der Waals surface area contributed by atoms with E-state index in [2.05, 4.69) is 25.6 Å². The summed E-state index contributed by atoms with van der Waals surface area (Å²) < 4.78 is 2.25. The van der Waals surface area contributed by atoms with E-state index in [1.807, 2.05) is 18.3 Å². The van der Waals surface area contributed by atoms with Gasteiger partial charge in [0.1, 0.15) is 5.82 Å². The van der Waals surface area contributed by atoms with E-state index in [1.54, 1.807) is 12.4 Å². The molecule has 0 saturated heterocycles. The van der Waals surface area contributed by atoms with E-state index in [1.165, 1.54) is 25.7 Å². The monoisotopic (exact) mass is 324 g/mol. The second-order valence-electron chi connectivity index (χ2n) is 6.94. The Hall–Kier alpha value is -2.17. The number of hydrogen-bond acceptors (Lipinski definition) is 3. The fraction of sp³-hybridized carbons (Fsp3) is 0.526. The van der Waals surface area contributed by atoms with Crippen LogP contribution >= 0.6 is 0 Å². The Labute approximate surface area is 142 Å². The molecule has 4 rings (SSSR count). The molecule has 1 saturated carbocycles. The average molecular weight is 324 g/mol. The van der Waals surface area contributed by atoms with Crippen molar-refractivity contribution in [2.75, 3.05) is 6.54 Å². The molecule has 0 aromatic carbocycles. The van der Waals surface area contributed by atoms with E-state index in [0.29, 0.717) is 12.3 Å². The lowest BCUT2D eigenvalue weighted by atomic mass is 9.95. The lowest BCUT2D eigenvalue weighted by Crippen LogP contribution is -2.39. The molecule has 126 valence electrons. The van der Waals surface area contributed by atoms with E-state index in [9.17, 15) is 4.79 Å². The first-order valence-corrected chi connectivity index (χ1v) is 9.02. The van der Waals surface area contributed by atoms with Crippen LogP contribution in [0.2, 0.25) is 0 Å². The number of pyridine rings is 1. The van der Waals surface area contributed by atoms with Crippen LogP contribution in [0.15, 0.2) is 36.9 Å². The van der Waals surface area contributed by atoms with Crippen molar-refractivity contribution in [3.63, 3.8) is 0 Å². The zero-order valence-corrected chi connectivity index (χ0v) is 14.0. The van der Waals surface area contributed by atoms with Gasteiger partial charge in [-0.15, -0.1) is 0 Å². The van der Waals surface area contributed by atoms with Gasteiger partial charge in [0, 0.05) is 37.9 Å². The molecule has 1 unspecified atom stereocenters. The van der Waals surface area contributed by atoms with Gasteiger partial charge in [-0.1, -0.05) is 12.8 Å². The van der Waals surface area contributed by atoms with Crippen LogP contribution in [0.4, 0.5) is 0 Å². The van der Waals surface area contributed by atoms with Gasteiger partial charge in [0.15, 0.2) is 0 Å². The smallest absolute Gasteiger partial charge is 0.227 e. The standard InChI is InChI=1S/C19H24N4O/c24-17(14-15-6-8-20-9-7-15)23-12-3-11-22-13-10-21-19(22)18(23)16-4-1-2-5-16/h6-10,13,16,18H,1-5,11-12,14H2. The van der Waals surface area contributed by atoms with Crippen LogP contribution in [0.25, 0.3) is 0 Å². The second-order valence-corrected chi connectivity index (χ2v) is 6.94. The maximum Gasteiger partial charge on any atom is 0.227 e. The van der Waals surface area contributed by atoms with Crippen LogP contribution in [0.1, 0.15) is 49.5 Å². The first-order valence-electron chi connectivity index (χ1n) is 9.02. The lowest BCUT2D eigenvalue weighted by molar-refractivity contribution is -0.134. The molecular weight excluding hydrogens is 300 g/mol. The molecular formula is C19H24N4O. The molecule has 1 aliphatic carbocycles.